The standard InChI is InChI=1S/C38H30N2O19/c41-17-57-28-10-24(40(15-35(49)50)16-36(51)52)31(56-6-5-55-27-4-2-1-3-23(27)39(13-33(45)46)14-34(47)48)8-21(28)37-20-7-19(38(53)54)25(43)11-29(20)59-30-12-26(44)32(58-18-42)9-22(30)37/h1-4,7-12,17-18,44H,5-6,13-16H2,(H,45,46)(H,47,48)(H,49,50)(H,51,52)(H,53,54). The number of benzene rings is 4. The van der Waals surface area contributed by atoms with Crippen molar-refractivity contribution in [2.75, 3.05) is 49.2 Å². The van der Waals surface area contributed by atoms with Crippen LogP contribution in [0.5, 0.6) is 28.7 Å². The van der Waals surface area contributed by atoms with Gasteiger partial charge in [0.05, 0.1) is 11.4 Å². The quantitative estimate of drug-likeness (QED) is 0.0352. The second-order valence-electron chi connectivity index (χ2n) is 12.1. The Labute approximate surface area is 329 Å². The van der Waals surface area contributed by atoms with Crippen LogP contribution in [-0.4, -0.2) is 113 Å². The molecule has 306 valence electrons. The molecule has 5 rings (SSSR count). The second-order valence-corrected chi connectivity index (χ2v) is 12.1. The Balaban J connectivity index is 1.72. The third-order valence-electron chi connectivity index (χ3n) is 8.26. The minimum Gasteiger partial charge on any atom is -0.504 e. The number of rotatable bonds is 21. The zero-order chi connectivity index (χ0) is 43.0. The van der Waals surface area contributed by atoms with Gasteiger partial charge in [-0.05, 0) is 30.3 Å². The van der Waals surface area contributed by atoms with Crippen LogP contribution >= 0.6 is 0 Å². The number of aromatic carboxylic acids is 1. The molecule has 3 aromatic carbocycles. The molecule has 1 heterocycles. The van der Waals surface area contributed by atoms with Crippen molar-refractivity contribution in [3.63, 3.8) is 0 Å². The highest BCUT2D eigenvalue weighted by Gasteiger charge is 2.28. The molecule has 0 aromatic heterocycles. The van der Waals surface area contributed by atoms with Gasteiger partial charge in [0.1, 0.15) is 73.5 Å². The highest BCUT2D eigenvalue weighted by Crippen LogP contribution is 2.49. The number of carbonyl (C=O) groups excluding carboxylic acids is 2. The van der Waals surface area contributed by atoms with Gasteiger partial charge in [-0.3, -0.25) is 33.6 Å². The fourth-order valence-corrected chi connectivity index (χ4v) is 6.04. The fraction of sp³-hybridized carbons (Fsp3) is 0.158. The van der Waals surface area contributed by atoms with Gasteiger partial charge in [0, 0.05) is 40.3 Å². The molecule has 0 amide bonds. The summed E-state index contributed by atoms with van der Waals surface area (Å²) in [6, 6.07) is 12.1. The van der Waals surface area contributed by atoms with E-state index in [1.54, 1.807) is 0 Å². The van der Waals surface area contributed by atoms with Gasteiger partial charge in [0.25, 0.3) is 12.9 Å². The smallest absolute Gasteiger partial charge is 0.339 e. The Bertz CT molecular complexity index is 2480. The number of phenolic OH excluding ortho intramolecular Hbond substituents is 1. The first-order chi connectivity index (χ1) is 28.1. The van der Waals surface area contributed by atoms with E-state index in [0.717, 1.165) is 40.1 Å². The van der Waals surface area contributed by atoms with Gasteiger partial charge in [-0.1, -0.05) is 12.1 Å². The molecule has 0 radical (unpaired) electrons. The zero-order valence-corrected chi connectivity index (χ0v) is 30.1. The number of aromatic hydroxyl groups is 1. The third kappa shape index (κ3) is 9.72. The van der Waals surface area contributed by atoms with Gasteiger partial charge in [-0.2, -0.15) is 0 Å². The molecule has 0 saturated carbocycles. The van der Waals surface area contributed by atoms with Crippen LogP contribution in [0, 0.1) is 0 Å². The molecule has 59 heavy (non-hydrogen) atoms. The van der Waals surface area contributed by atoms with E-state index in [1.807, 2.05) is 0 Å². The van der Waals surface area contributed by atoms with Crippen LogP contribution in [-0.2, 0) is 28.8 Å². The molecule has 2 aliphatic rings. The van der Waals surface area contributed by atoms with E-state index in [0.29, 0.717) is 0 Å². The lowest BCUT2D eigenvalue weighted by molar-refractivity contribution is -0.138. The Kier molecular flexibility index (Phi) is 12.8. The lowest BCUT2D eigenvalue weighted by Crippen LogP contribution is -2.35. The van der Waals surface area contributed by atoms with Crippen LogP contribution in [0.4, 0.5) is 11.4 Å². The van der Waals surface area contributed by atoms with Crippen LogP contribution in [0.1, 0.15) is 10.4 Å². The summed E-state index contributed by atoms with van der Waals surface area (Å²) in [5, 5.41) is 58.5. The summed E-state index contributed by atoms with van der Waals surface area (Å²) in [6.07, 6.45) is 0. The highest BCUT2D eigenvalue weighted by atomic mass is 16.5. The maximum absolute atomic E-state index is 12.8. The summed E-state index contributed by atoms with van der Waals surface area (Å²) in [6.45, 7) is -4.03. The molecular weight excluding hydrogens is 788 g/mol. The minimum absolute atomic E-state index is 0.00244. The number of nitrogens with zero attached hydrogens (tertiary/aromatic N) is 2. The number of carboxylic acids is 5. The molecular formula is C38H30N2O19. The van der Waals surface area contributed by atoms with Crippen molar-refractivity contribution in [3.8, 4) is 51.2 Å². The van der Waals surface area contributed by atoms with E-state index in [1.165, 1.54) is 30.3 Å². The molecule has 0 fully saturated rings. The third-order valence-corrected chi connectivity index (χ3v) is 8.26. The first kappa shape index (κ1) is 41.8. The lowest BCUT2D eigenvalue weighted by atomic mass is 9.91. The summed E-state index contributed by atoms with van der Waals surface area (Å²) in [7, 11) is 0. The monoisotopic (exact) mass is 818 g/mol. The van der Waals surface area contributed by atoms with Crippen LogP contribution < -0.4 is 34.2 Å². The molecule has 0 spiro atoms. The Morgan fingerprint density at radius 3 is 1.76 bits per heavy atom. The lowest BCUT2D eigenvalue weighted by Gasteiger charge is -2.26. The molecule has 3 aromatic rings. The van der Waals surface area contributed by atoms with Gasteiger partial charge in [0.2, 0.25) is 0 Å². The van der Waals surface area contributed by atoms with Crippen molar-refractivity contribution in [3.05, 3.63) is 76.5 Å². The molecule has 0 saturated heterocycles. The molecule has 0 atom stereocenters. The highest BCUT2D eigenvalue weighted by molar-refractivity contribution is 6.06. The van der Waals surface area contributed by atoms with Crippen molar-refractivity contribution in [2.24, 2.45) is 0 Å². The summed E-state index contributed by atoms with van der Waals surface area (Å²) < 4.78 is 27.9. The van der Waals surface area contributed by atoms with Crippen molar-refractivity contribution in [1.82, 2.24) is 0 Å². The molecule has 1 aliphatic carbocycles. The number of hydrogen-bond donors (Lipinski definition) is 6. The average Bonchev–Trinajstić information content (AvgIpc) is 3.15. The van der Waals surface area contributed by atoms with Crippen LogP contribution in [0.3, 0.4) is 0 Å². The first-order valence-electron chi connectivity index (χ1n) is 16.7. The maximum atomic E-state index is 12.8. The number of ether oxygens (including phenoxy) is 4. The number of hydrogen-bond acceptors (Lipinski definition) is 16. The van der Waals surface area contributed by atoms with E-state index in [-0.39, 0.29) is 75.8 Å². The number of carboxylic acid groups (broad SMARTS) is 5. The van der Waals surface area contributed by atoms with E-state index in [9.17, 15) is 69.0 Å². The zero-order valence-electron chi connectivity index (χ0n) is 30.1. The Morgan fingerprint density at radius 2 is 1.19 bits per heavy atom. The van der Waals surface area contributed by atoms with Crippen molar-refractivity contribution >= 4 is 65.1 Å². The predicted octanol–water partition coefficient (Wildman–Crippen LogP) is 2.45. The number of anilines is 2. The summed E-state index contributed by atoms with van der Waals surface area (Å²) in [5.74, 6) is -9.12. The van der Waals surface area contributed by atoms with Gasteiger partial charge in [-0.25, -0.2) is 4.79 Å². The maximum Gasteiger partial charge on any atom is 0.339 e. The largest absolute Gasteiger partial charge is 0.504 e. The van der Waals surface area contributed by atoms with E-state index in [4.69, 9.17) is 23.4 Å². The van der Waals surface area contributed by atoms with E-state index < -0.39 is 90.9 Å². The number of aliphatic carboxylic acids is 4. The molecule has 0 unspecified atom stereocenters. The second kappa shape index (κ2) is 18.1. The number of fused-ring (bicyclic) bond motifs is 2. The van der Waals surface area contributed by atoms with Gasteiger partial charge < -0.3 is 63.8 Å². The van der Waals surface area contributed by atoms with Gasteiger partial charge in [-0.15, -0.1) is 0 Å². The SMILES string of the molecule is O=COc1cc2c(-c3cc(OCCOc4ccccc4N(CC(=O)O)CC(=O)O)c(N(CC(=O)O)CC(=O)O)cc3OC=O)c3cc(C(=O)O)c(=O)cc-3oc2cc1O. The van der Waals surface area contributed by atoms with Crippen molar-refractivity contribution in [2.45, 2.75) is 0 Å². The van der Waals surface area contributed by atoms with E-state index in [2.05, 4.69) is 0 Å². The first-order valence-corrected chi connectivity index (χ1v) is 16.7. The molecule has 6 N–H and O–H groups in total. The van der Waals surface area contributed by atoms with Gasteiger partial charge in [0.15, 0.2) is 16.9 Å². The van der Waals surface area contributed by atoms with Crippen LogP contribution in [0.25, 0.3) is 33.4 Å². The average molecular weight is 819 g/mol. The summed E-state index contributed by atoms with van der Waals surface area (Å²) in [4.78, 5) is 96.9. The molecule has 21 heteroatoms. The topological polar surface area (TPSA) is 314 Å². The molecule has 21 nitrogen and oxygen atoms in total. The van der Waals surface area contributed by atoms with E-state index >= 15 is 0 Å². The van der Waals surface area contributed by atoms with Crippen LogP contribution in [0.15, 0.2) is 69.9 Å². The number of carbonyl (C=O) groups is 7. The summed E-state index contributed by atoms with van der Waals surface area (Å²) in [5.41, 5.74) is -2.34. The Morgan fingerprint density at radius 1 is 0.627 bits per heavy atom. The minimum atomic E-state index is -1.63. The number of phenols is 1. The predicted molar refractivity (Wildman–Crippen MR) is 199 cm³/mol. The van der Waals surface area contributed by atoms with Crippen LogP contribution in [0.2, 0.25) is 0 Å². The van der Waals surface area contributed by atoms with Crippen molar-refractivity contribution in [1.29, 1.82) is 0 Å². The summed E-state index contributed by atoms with van der Waals surface area (Å²) >= 11 is 0. The number of para-hydroxylation sites is 2. The fourth-order valence-electron chi connectivity index (χ4n) is 6.04. The Hall–Kier alpha value is -8.36. The van der Waals surface area contributed by atoms with Crippen molar-refractivity contribution < 1.29 is 87.6 Å². The molecule has 1 aliphatic heterocycles. The molecule has 0 bridgehead atoms. The van der Waals surface area contributed by atoms with Gasteiger partial charge >= 0.3 is 29.8 Å². The normalized spacial score (nSPS) is 10.7.